The molecule has 6 rings (SSSR count). The fraction of sp³-hybridized carbons (Fsp3) is 0.267. The van der Waals surface area contributed by atoms with Crippen molar-refractivity contribution in [3.05, 3.63) is 72.8 Å². The number of nitrogens with one attached hydrogen (secondary N) is 2. The van der Waals surface area contributed by atoms with Crippen molar-refractivity contribution < 1.29 is 35.9 Å². The van der Waals surface area contributed by atoms with Crippen LogP contribution in [0.1, 0.15) is 12.8 Å². The van der Waals surface area contributed by atoms with Crippen LogP contribution in [0.15, 0.2) is 72.8 Å². The summed E-state index contributed by atoms with van der Waals surface area (Å²) in [5.74, 6) is 0.563. The maximum atomic E-state index is 12.6. The summed E-state index contributed by atoms with van der Waals surface area (Å²) in [6.07, 6.45) is -0.715. The minimum absolute atomic E-state index is 0.0445. The van der Waals surface area contributed by atoms with Crippen molar-refractivity contribution in [2.45, 2.75) is 24.9 Å². The van der Waals surface area contributed by atoms with Crippen molar-refractivity contribution in [2.24, 2.45) is 0 Å². The first-order valence-corrected chi connectivity index (χ1v) is 17.1. The highest BCUT2D eigenvalue weighted by Crippen LogP contribution is 2.40. The average molecular weight is 609 g/mol. The minimum Gasteiger partial charge on any atom is -0.410 e. The van der Waals surface area contributed by atoms with Crippen LogP contribution in [0.5, 0.6) is 11.5 Å². The van der Waals surface area contributed by atoms with E-state index in [0.29, 0.717) is 35.1 Å². The van der Waals surface area contributed by atoms with E-state index in [1.165, 1.54) is 0 Å². The van der Waals surface area contributed by atoms with Crippen molar-refractivity contribution in [2.75, 3.05) is 23.0 Å². The highest BCUT2D eigenvalue weighted by Gasteiger charge is 2.30. The zero-order chi connectivity index (χ0) is 29.5. The molecule has 2 heterocycles. The highest BCUT2D eigenvalue weighted by molar-refractivity contribution is 7.91. The van der Waals surface area contributed by atoms with E-state index < -0.39 is 43.9 Å². The molecule has 0 aromatic heterocycles. The van der Waals surface area contributed by atoms with E-state index in [1.807, 2.05) is 60.7 Å². The van der Waals surface area contributed by atoms with E-state index in [2.05, 4.69) is 10.6 Å². The second-order valence-corrected chi connectivity index (χ2v) is 15.0. The Morgan fingerprint density at radius 1 is 0.571 bits per heavy atom. The maximum Gasteiger partial charge on any atom is 0.412 e. The molecule has 2 saturated heterocycles. The lowest BCUT2D eigenvalue weighted by Gasteiger charge is -2.16. The summed E-state index contributed by atoms with van der Waals surface area (Å²) in [6.45, 7) is 0. The molecule has 0 radical (unpaired) electrons. The molecular weight excluding hydrogens is 580 g/mol. The molecule has 0 saturated carbocycles. The summed E-state index contributed by atoms with van der Waals surface area (Å²) in [5.41, 5.74) is 1.73. The number of sulfone groups is 2. The molecule has 2 aliphatic rings. The molecule has 4 aromatic rings. The van der Waals surface area contributed by atoms with Crippen molar-refractivity contribution in [3.63, 3.8) is 0 Å². The highest BCUT2D eigenvalue weighted by atomic mass is 32.2. The molecule has 4 aromatic carbocycles. The van der Waals surface area contributed by atoms with Gasteiger partial charge in [-0.25, -0.2) is 26.4 Å². The second kappa shape index (κ2) is 10.9. The Morgan fingerprint density at radius 3 is 1.31 bits per heavy atom. The molecule has 2 aliphatic heterocycles. The van der Waals surface area contributed by atoms with Crippen molar-refractivity contribution in [1.82, 2.24) is 10.6 Å². The van der Waals surface area contributed by atoms with Gasteiger partial charge in [0, 0.05) is 22.9 Å². The van der Waals surface area contributed by atoms with E-state index >= 15 is 0 Å². The van der Waals surface area contributed by atoms with Gasteiger partial charge >= 0.3 is 12.2 Å². The normalized spacial score (nSPS) is 20.8. The number of benzene rings is 4. The van der Waals surface area contributed by atoms with Crippen LogP contribution in [0.3, 0.4) is 0 Å². The number of hydrogen-bond donors (Lipinski definition) is 2. The molecule has 2 amide bonds. The lowest BCUT2D eigenvalue weighted by Crippen LogP contribution is -2.37. The number of carbonyl (C=O) groups is 2. The molecule has 218 valence electrons. The molecule has 2 N–H and O–H groups in total. The van der Waals surface area contributed by atoms with Gasteiger partial charge in [-0.1, -0.05) is 60.7 Å². The van der Waals surface area contributed by atoms with Gasteiger partial charge in [0.2, 0.25) is 0 Å². The Bertz CT molecular complexity index is 1800. The van der Waals surface area contributed by atoms with Gasteiger partial charge in [-0.05, 0) is 46.9 Å². The van der Waals surface area contributed by atoms with Crippen LogP contribution in [-0.4, -0.2) is 64.1 Å². The average Bonchev–Trinajstić information content (AvgIpc) is 3.48. The molecule has 2 atom stereocenters. The number of fused-ring (bicyclic) bond motifs is 2. The van der Waals surface area contributed by atoms with E-state index in [-0.39, 0.29) is 23.0 Å². The lowest BCUT2D eigenvalue weighted by molar-refractivity contribution is 0.196. The summed E-state index contributed by atoms with van der Waals surface area (Å²) in [4.78, 5) is 25.2. The number of amides is 2. The van der Waals surface area contributed by atoms with Crippen LogP contribution < -0.4 is 20.1 Å². The topological polar surface area (TPSA) is 145 Å². The first kappa shape index (κ1) is 28.0. The Labute approximate surface area is 242 Å². The van der Waals surface area contributed by atoms with E-state index in [0.717, 1.165) is 21.9 Å². The van der Waals surface area contributed by atoms with Crippen LogP contribution in [0, 0.1) is 0 Å². The van der Waals surface area contributed by atoms with Crippen LogP contribution in [0.25, 0.3) is 32.7 Å². The first-order chi connectivity index (χ1) is 20.1. The van der Waals surface area contributed by atoms with Crippen LogP contribution >= 0.6 is 0 Å². The molecular formula is C30H28N2O8S2. The van der Waals surface area contributed by atoms with Gasteiger partial charge in [0.05, 0.1) is 23.0 Å². The van der Waals surface area contributed by atoms with Crippen molar-refractivity contribution in [3.8, 4) is 22.6 Å². The number of hydrogen-bond acceptors (Lipinski definition) is 8. The zero-order valence-corrected chi connectivity index (χ0v) is 24.0. The van der Waals surface area contributed by atoms with Gasteiger partial charge < -0.3 is 20.1 Å². The fourth-order valence-electron chi connectivity index (χ4n) is 5.60. The van der Waals surface area contributed by atoms with Gasteiger partial charge in [-0.2, -0.15) is 0 Å². The minimum atomic E-state index is -3.15. The molecule has 0 spiro atoms. The van der Waals surface area contributed by atoms with Gasteiger partial charge in [-0.3, -0.25) is 0 Å². The Kier molecular flexibility index (Phi) is 7.27. The predicted octanol–water partition coefficient (Wildman–Crippen LogP) is 4.21. The summed E-state index contributed by atoms with van der Waals surface area (Å²) < 4.78 is 58.2. The Morgan fingerprint density at radius 2 is 0.952 bits per heavy atom. The summed E-state index contributed by atoms with van der Waals surface area (Å²) in [5, 5.41) is 8.34. The Balaban J connectivity index is 1.28. The van der Waals surface area contributed by atoms with Gasteiger partial charge in [0.15, 0.2) is 19.7 Å². The third-order valence-electron chi connectivity index (χ3n) is 7.57. The lowest BCUT2D eigenvalue weighted by atomic mass is 9.93. The largest absolute Gasteiger partial charge is 0.412 e. The number of ether oxygens (including phenoxy) is 2. The van der Waals surface area contributed by atoms with Gasteiger partial charge in [0.25, 0.3) is 0 Å². The third-order valence-corrected chi connectivity index (χ3v) is 11.1. The van der Waals surface area contributed by atoms with Gasteiger partial charge in [0.1, 0.15) is 11.5 Å². The van der Waals surface area contributed by atoms with Crippen molar-refractivity contribution >= 4 is 53.4 Å². The Hall–Kier alpha value is -4.16. The smallest absolute Gasteiger partial charge is 0.410 e. The maximum absolute atomic E-state index is 12.6. The molecule has 2 fully saturated rings. The fourth-order valence-corrected chi connectivity index (χ4v) is 8.95. The molecule has 42 heavy (non-hydrogen) atoms. The summed E-state index contributed by atoms with van der Waals surface area (Å²) in [6, 6.07) is 21.1. The second-order valence-electron chi connectivity index (χ2n) is 10.6. The van der Waals surface area contributed by atoms with Crippen LogP contribution in [-0.2, 0) is 19.7 Å². The predicted molar refractivity (Wildman–Crippen MR) is 159 cm³/mol. The molecule has 0 bridgehead atoms. The van der Waals surface area contributed by atoms with Crippen LogP contribution in [0.2, 0.25) is 0 Å². The SMILES string of the molecule is O=C(N[C@@H]1CCS(=O)(=O)C1)Oc1ccc(-c2ccc(OC(=O)N[C@H]3CCS(=O)(=O)C3)c3ccccc23)c2ccccc12. The summed E-state index contributed by atoms with van der Waals surface area (Å²) >= 11 is 0. The number of carbonyl (C=O) groups excluding carboxylic acids is 2. The molecule has 0 unspecified atom stereocenters. The van der Waals surface area contributed by atoms with E-state index in [9.17, 15) is 26.4 Å². The first-order valence-electron chi connectivity index (χ1n) is 13.5. The monoisotopic (exact) mass is 608 g/mol. The summed E-state index contributed by atoms with van der Waals surface area (Å²) in [7, 11) is -6.29. The zero-order valence-electron chi connectivity index (χ0n) is 22.4. The standard InChI is InChI=1S/C30H28N2O8S2/c33-29(31-19-13-15-41(35,36)17-19)39-27-11-9-23(21-5-1-3-7-25(21)27)24-10-12-28(26-8-4-2-6-22(24)26)40-30(34)32-20-14-16-42(37,38)18-20/h1-12,19-20H,13-18H2,(H,31,33)(H,32,34)/t19-,20+. The molecule has 12 heteroatoms. The number of rotatable bonds is 5. The quantitative estimate of drug-likeness (QED) is 0.343. The molecule has 10 nitrogen and oxygen atoms in total. The van der Waals surface area contributed by atoms with Crippen molar-refractivity contribution in [1.29, 1.82) is 0 Å². The van der Waals surface area contributed by atoms with E-state index in [1.54, 1.807) is 12.1 Å². The van der Waals surface area contributed by atoms with E-state index in [4.69, 9.17) is 9.47 Å². The van der Waals surface area contributed by atoms with Crippen LogP contribution in [0.4, 0.5) is 9.59 Å². The van der Waals surface area contributed by atoms with Gasteiger partial charge in [-0.15, -0.1) is 0 Å². The molecule has 0 aliphatic carbocycles. The third kappa shape index (κ3) is 5.90.